The van der Waals surface area contributed by atoms with Crippen LogP contribution in [0.4, 0.5) is 10.1 Å². The zero-order chi connectivity index (χ0) is 19.7. The van der Waals surface area contributed by atoms with E-state index in [1.54, 1.807) is 48.5 Å². The molecule has 0 fully saturated rings. The predicted molar refractivity (Wildman–Crippen MR) is 108 cm³/mol. The molecule has 0 spiro atoms. The van der Waals surface area contributed by atoms with Crippen molar-refractivity contribution < 1.29 is 12.8 Å². The van der Waals surface area contributed by atoms with Gasteiger partial charge in [0, 0.05) is 11.6 Å². The van der Waals surface area contributed by atoms with Crippen LogP contribution in [0.15, 0.2) is 77.7 Å². The summed E-state index contributed by atoms with van der Waals surface area (Å²) in [6.45, 7) is 0.243. The molecule has 4 rings (SSSR count). The number of benzene rings is 3. The Balaban J connectivity index is 1.73. The Bertz CT molecular complexity index is 1100. The quantitative estimate of drug-likeness (QED) is 0.662. The maximum absolute atomic E-state index is 13.8. The van der Waals surface area contributed by atoms with E-state index in [9.17, 15) is 12.8 Å². The van der Waals surface area contributed by atoms with Crippen LogP contribution in [0.5, 0.6) is 0 Å². The minimum absolute atomic E-state index is 0.221. The molecule has 1 N–H and O–H groups in total. The molecule has 0 aromatic heterocycles. The molecule has 0 saturated carbocycles. The Morgan fingerprint density at radius 2 is 1.75 bits per heavy atom. The van der Waals surface area contributed by atoms with Crippen molar-refractivity contribution in [3.63, 3.8) is 0 Å². The number of anilines is 1. The topological polar surface area (TPSA) is 49.4 Å². The van der Waals surface area contributed by atoms with Gasteiger partial charge in [0.1, 0.15) is 16.9 Å². The van der Waals surface area contributed by atoms with Crippen molar-refractivity contribution in [2.45, 2.75) is 17.5 Å². The normalized spacial score (nSPS) is 18.3. The maximum Gasteiger partial charge on any atom is 0.247 e. The van der Waals surface area contributed by atoms with E-state index >= 15 is 0 Å². The summed E-state index contributed by atoms with van der Waals surface area (Å²) >= 11 is 5.93. The van der Waals surface area contributed by atoms with Crippen LogP contribution in [0.1, 0.15) is 17.3 Å². The van der Waals surface area contributed by atoms with Gasteiger partial charge >= 0.3 is 0 Å². The van der Waals surface area contributed by atoms with E-state index in [2.05, 4.69) is 5.32 Å². The van der Waals surface area contributed by atoms with E-state index in [1.807, 2.05) is 12.1 Å². The van der Waals surface area contributed by atoms with Crippen molar-refractivity contribution in [3.8, 4) is 0 Å². The summed E-state index contributed by atoms with van der Waals surface area (Å²) in [5.74, 6) is -0.409. The SMILES string of the molecule is O=S1(=O)c2ccccc2N[C@H](c2cccc(F)c2)N1CCc1ccc(Cl)cc1. The number of rotatable bonds is 4. The molecule has 1 heterocycles. The largest absolute Gasteiger partial charge is 0.364 e. The van der Waals surface area contributed by atoms with E-state index in [0.717, 1.165) is 5.56 Å². The molecule has 0 bridgehead atoms. The predicted octanol–water partition coefficient (Wildman–Crippen LogP) is 4.84. The summed E-state index contributed by atoms with van der Waals surface area (Å²) in [5.41, 5.74) is 2.03. The molecule has 0 saturated heterocycles. The van der Waals surface area contributed by atoms with Crippen LogP contribution < -0.4 is 5.32 Å². The summed E-state index contributed by atoms with van der Waals surface area (Å²) in [5, 5.41) is 3.88. The third kappa shape index (κ3) is 3.63. The van der Waals surface area contributed by atoms with Crippen LogP contribution in [0.3, 0.4) is 0 Å². The van der Waals surface area contributed by atoms with Crippen molar-refractivity contribution in [2.24, 2.45) is 0 Å². The molecule has 1 atom stereocenters. The van der Waals surface area contributed by atoms with Crippen molar-refractivity contribution in [1.29, 1.82) is 0 Å². The van der Waals surface area contributed by atoms with Gasteiger partial charge in [-0.05, 0) is 53.9 Å². The first-order valence-electron chi connectivity index (χ1n) is 8.82. The second-order valence-electron chi connectivity index (χ2n) is 6.59. The molecule has 0 amide bonds. The summed E-state index contributed by atoms with van der Waals surface area (Å²) < 4.78 is 41.8. The standard InChI is InChI=1S/C21H18ClFN2O2S/c22-17-10-8-15(9-11-17)12-13-25-21(16-4-3-5-18(23)14-16)24-19-6-1-2-7-20(19)28(25,26)27/h1-11,14,21,24H,12-13H2/t21-/m0/s1. The molecule has 3 aromatic rings. The number of halogens is 2. The van der Waals surface area contributed by atoms with Crippen LogP contribution in [-0.4, -0.2) is 19.3 Å². The van der Waals surface area contributed by atoms with Crippen molar-refractivity contribution in [3.05, 3.63) is 94.8 Å². The molecule has 144 valence electrons. The number of nitrogens with zero attached hydrogens (tertiary/aromatic N) is 1. The van der Waals surface area contributed by atoms with Crippen LogP contribution in [-0.2, 0) is 16.4 Å². The van der Waals surface area contributed by atoms with Crippen molar-refractivity contribution >= 4 is 27.3 Å². The van der Waals surface area contributed by atoms with E-state index in [-0.39, 0.29) is 11.4 Å². The first-order valence-corrected chi connectivity index (χ1v) is 10.6. The average Bonchev–Trinajstić information content (AvgIpc) is 2.68. The van der Waals surface area contributed by atoms with Gasteiger partial charge in [0.15, 0.2) is 0 Å². The monoisotopic (exact) mass is 416 g/mol. The van der Waals surface area contributed by atoms with Gasteiger partial charge in [-0.25, -0.2) is 12.8 Å². The zero-order valence-corrected chi connectivity index (χ0v) is 16.4. The highest BCUT2D eigenvalue weighted by Crippen LogP contribution is 2.38. The fraction of sp³-hybridized carbons (Fsp3) is 0.143. The molecule has 28 heavy (non-hydrogen) atoms. The lowest BCUT2D eigenvalue weighted by molar-refractivity contribution is 0.344. The van der Waals surface area contributed by atoms with E-state index in [1.165, 1.54) is 16.4 Å². The summed E-state index contributed by atoms with van der Waals surface area (Å²) in [6, 6.07) is 20.1. The number of sulfonamides is 1. The highest BCUT2D eigenvalue weighted by atomic mass is 35.5. The highest BCUT2D eigenvalue weighted by molar-refractivity contribution is 7.89. The molecule has 1 aliphatic rings. The van der Waals surface area contributed by atoms with Gasteiger partial charge < -0.3 is 5.32 Å². The molecule has 4 nitrogen and oxygen atoms in total. The molecule has 3 aromatic carbocycles. The first kappa shape index (κ1) is 18.9. The van der Waals surface area contributed by atoms with Crippen LogP contribution in [0, 0.1) is 5.82 Å². The molecule has 0 aliphatic carbocycles. The Morgan fingerprint density at radius 3 is 2.50 bits per heavy atom. The number of fused-ring (bicyclic) bond motifs is 1. The third-order valence-corrected chi connectivity index (χ3v) is 6.93. The lowest BCUT2D eigenvalue weighted by Crippen LogP contribution is -2.43. The lowest BCUT2D eigenvalue weighted by Gasteiger charge is -2.37. The van der Waals surface area contributed by atoms with Crippen LogP contribution in [0.2, 0.25) is 5.02 Å². The zero-order valence-electron chi connectivity index (χ0n) is 14.8. The Labute approximate surface area is 168 Å². The molecular weight excluding hydrogens is 399 g/mol. The minimum Gasteiger partial charge on any atom is -0.364 e. The minimum atomic E-state index is -3.75. The Kier molecular flexibility index (Phi) is 5.10. The number of hydrogen-bond donors (Lipinski definition) is 1. The number of nitrogens with one attached hydrogen (secondary N) is 1. The van der Waals surface area contributed by atoms with Gasteiger partial charge in [0.05, 0.1) is 5.69 Å². The van der Waals surface area contributed by atoms with Crippen molar-refractivity contribution in [2.75, 3.05) is 11.9 Å². The smallest absolute Gasteiger partial charge is 0.247 e. The summed E-state index contributed by atoms with van der Waals surface area (Å²) in [4.78, 5) is 0.221. The molecule has 7 heteroatoms. The Morgan fingerprint density at radius 1 is 1.00 bits per heavy atom. The Hall–Kier alpha value is -2.41. The fourth-order valence-corrected chi connectivity index (χ4v) is 5.18. The van der Waals surface area contributed by atoms with Gasteiger partial charge in [-0.2, -0.15) is 4.31 Å². The van der Waals surface area contributed by atoms with Crippen LogP contribution in [0.25, 0.3) is 0 Å². The number of para-hydroxylation sites is 1. The molecular formula is C21H18ClFN2O2S. The molecule has 0 radical (unpaired) electrons. The first-order chi connectivity index (χ1) is 13.4. The van der Waals surface area contributed by atoms with Gasteiger partial charge in [0.2, 0.25) is 10.0 Å². The van der Waals surface area contributed by atoms with Crippen molar-refractivity contribution in [1.82, 2.24) is 4.31 Å². The lowest BCUT2D eigenvalue weighted by atomic mass is 10.1. The highest BCUT2D eigenvalue weighted by Gasteiger charge is 2.38. The van der Waals surface area contributed by atoms with Gasteiger partial charge in [-0.15, -0.1) is 0 Å². The fourth-order valence-electron chi connectivity index (χ4n) is 3.36. The second kappa shape index (κ2) is 7.54. The van der Waals surface area contributed by atoms with Gasteiger partial charge in [-0.1, -0.05) is 48.0 Å². The van der Waals surface area contributed by atoms with E-state index in [4.69, 9.17) is 11.6 Å². The molecule has 1 aliphatic heterocycles. The average molecular weight is 417 g/mol. The van der Waals surface area contributed by atoms with E-state index < -0.39 is 22.0 Å². The summed E-state index contributed by atoms with van der Waals surface area (Å²) in [7, 11) is -3.75. The molecule has 0 unspecified atom stereocenters. The van der Waals surface area contributed by atoms with Gasteiger partial charge in [-0.3, -0.25) is 0 Å². The van der Waals surface area contributed by atoms with Crippen LogP contribution >= 0.6 is 11.6 Å². The summed E-state index contributed by atoms with van der Waals surface area (Å²) in [6.07, 6.45) is -0.186. The van der Waals surface area contributed by atoms with E-state index in [0.29, 0.717) is 22.7 Å². The third-order valence-electron chi connectivity index (χ3n) is 4.75. The number of hydrogen-bond acceptors (Lipinski definition) is 3. The second-order valence-corrected chi connectivity index (χ2v) is 8.89. The van der Waals surface area contributed by atoms with Gasteiger partial charge in [0.25, 0.3) is 0 Å². The maximum atomic E-state index is 13.8.